The summed E-state index contributed by atoms with van der Waals surface area (Å²) in [6.07, 6.45) is -5.12. The van der Waals surface area contributed by atoms with Crippen LogP contribution in [0.5, 0.6) is 11.5 Å². The van der Waals surface area contributed by atoms with Crippen molar-refractivity contribution in [2.24, 2.45) is 0 Å². The zero-order valence-electron chi connectivity index (χ0n) is 15.4. The molecule has 3 rings (SSSR count). The smallest absolute Gasteiger partial charge is 0.410 e. The first kappa shape index (κ1) is 20.3. The first-order valence-corrected chi connectivity index (χ1v) is 8.69. The number of carbonyl (C=O) groups excluding carboxylic acids is 1. The monoisotopic (exact) mass is 400 g/mol. The summed E-state index contributed by atoms with van der Waals surface area (Å²) in [5.74, 6) is -0.106. The van der Waals surface area contributed by atoms with E-state index in [1.165, 1.54) is 4.90 Å². The molecule has 3 aromatic carbocycles. The minimum atomic E-state index is -4.54. The van der Waals surface area contributed by atoms with E-state index in [-0.39, 0.29) is 12.1 Å². The maximum atomic E-state index is 13.0. The number of halogens is 3. The average Bonchev–Trinajstić information content (AvgIpc) is 2.68. The Morgan fingerprint density at radius 3 is 2.38 bits per heavy atom. The lowest BCUT2D eigenvalue weighted by atomic mass is 9.99. The van der Waals surface area contributed by atoms with Crippen molar-refractivity contribution in [3.05, 3.63) is 83.9 Å². The number of ether oxygens (including phenoxy) is 1. The fraction of sp³-hybridized carbons (Fsp3) is 0.136. The second-order valence-corrected chi connectivity index (χ2v) is 6.45. The van der Waals surface area contributed by atoms with Gasteiger partial charge in [-0.15, -0.1) is 0 Å². The third-order valence-corrected chi connectivity index (χ3v) is 4.22. The number of hydrogen-bond acceptors (Lipinski definition) is 2. The Bertz CT molecular complexity index is 1000. The molecule has 7 heteroatoms. The maximum Gasteiger partial charge on any atom is 0.416 e. The van der Waals surface area contributed by atoms with Gasteiger partial charge in [-0.3, -0.25) is 5.11 Å². The van der Waals surface area contributed by atoms with Gasteiger partial charge in [0.2, 0.25) is 0 Å². The Balaban J connectivity index is 1.79. The highest BCUT2D eigenvalue weighted by Gasteiger charge is 2.31. The molecular formula is C22H17F3NO3. The van der Waals surface area contributed by atoms with Crippen molar-refractivity contribution in [2.75, 3.05) is 7.05 Å². The van der Waals surface area contributed by atoms with Gasteiger partial charge in [-0.05, 0) is 47.5 Å². The van der Waals surface area contributed by atoms with Crippen molar-refractivity contribution in [1.29, 1.82) is 0 Å². The SMILES string of the molecule is CN(Cc1cccc(-c2cc(C(F)(F)F)ccc2[O])c1)C(=O)Oc1ccccc1. The number of para-hydroxylation sites is 1. The van der Waals surface area contributed by atoms with Crippen LogP contribution in [0.1, 0.15) is 11.1 Å². The Labute approximate surface area is 165 Å². The summed E-state index contributed by atoms with van der Waals surface area (Å²) in [6, 6.07) is 17.6. The molecule has 0 fully saturated rings. The molecule has 3 aromatic rings. The molecule has 149 valence electrons. The van der Waals surface area contributed by atoms with Gasteiger partial charge in [0.05, 0.1) is 5.56 Å². The first-order valence-electron chi connectivity index (χ1n) is 8.69. The van der Waals surface area contributed by atoms with E-state index < -0.39 is 23.6 Å². The standard InChI is InChI=1S/C22H17F3NO3/c1-26(21(28)29-18-8-3-2-4-9-18)14-15-6-5-7-16(12-15)19-13-17(22(23,24)25)10-11-20(19)27/h2-13H,14H2,1H3. The molecule has 0 spiro atoms. The molecule has 0 saturated heterocycles. The number of nitrogens with zero attached hydrogens (tertiary/aromatic N) is 1. The highest BCUT2D eigenvalue weighted by molar-refractivity contribution is 5.72. The van der Waals surface area contributed by atoms with E-state index in [2.05, 4.69) is 0 Å². The van der Waals surface area contributed by atoms with E-state index >= 15 is 0 Å². The van der Waals surface area contributed by atoms with Gasteiger partial charge in [-0.1, -0.05) is 36.4 Å². The van der Waals surface area contributed by atoms with Gasteiger partial charge in [0.25, 0.3) is 0 Å². The van der Waals surface area contributed by atoms with Gasteiger partial charge in [0, 0.05) is 19.2 Å². The predicted molar refractivity (Wildman–Crippen MR) is 101 cm³/mol. The topological polar surface area (TPSA) is 49.4 Å². The average molecular weight is 400 g/mol. The van der Waals surface area contributed by atoms with Crippen LogP contribution < -0.4 is 4.74 Å². The van der Waals surface area contributed by atoms with E-state index in [9.17, 15) is 23.1 Å². The molecule has 0 bridgehead atoms. The van der Waals surface area contributed by atoms with E-state index in [1.54, 1.807) is 61.6 Å². The molecule has 0 aliphatic rings. The minimum Gasteiger partial charge on any atom is -0.410 e. The lowest BCUT2D eigenvalue weighted by Crippen LogP contribution is -2.29. The summed E-state index contributed by atoms with van der Waals surface area (Å²) in [7, 11) is 1.54. The summed E-state index contributed by atoms with van der Waals surface area (Å²) in [5.41, 5.74) is 0.0625. The largest absolute Gasteiger partial charge is 0.416 e. The van der Waals surface area contributed by atoms with E-state index in [0.29, 0.717) is 16.9 Å². The summed E-state index contributed by atoms with van der Waals surface area (Å²) in [4.78, 5) is 13.5. The zero-order chi connectivity index (χ0) is 21.0. The van der Waals surface area contributed by atoms with Crippen molar-refractivity contribution in [2.45, 2.75) is 12.7 Å². The normalized spacial score (nSPS) is 11.2. The Hall–Kier alpha value is -3.48. The molecule has 1 amide bonds. The van der Waals surface area contributed by atoms with Crippen molar-refractivity contribution in [3.63, 3.8) is 0 Å². The molecular weight excluding hydrogens is 383 g/mol. The third kappa shape index (κ3) is 5.07. The van der Waals surface area contributed by atoms with Crippen molar-refractivity contribution in [3.8, 4) is 22.6 Å². The van der Waals surface area contributed by atoms with Gasteiger partial charge < -0.3 is 9.64 Å². The van der Waals surface area contributed by atoms with E-state index in [1.807, 2.05) is 0 Å². The first-order chi connectivity index (χ1) is 13.7. The molecule has 29 heavy (non-hydrogen) atoms. The van der Waals surface area contributed by atoms with Crippen LogP contribution in [-0.4, -0.2) is 18.0 Å². The minimum absolute atomic E-state index is 0.0452. The molecule has 4 nitrogen and oxygen atoms in total. The molecule has 0 aliphatic heterocycles. The van der Waals surface area contributed by atoms with Crippen LogP contribution in [0.15, 0.2) is 72.8 Å². The number of benzene rings is 3. The van der Waals surface area contributed by atoms with Crippen LogP contribution in [0.2, 0.25) is 0 Å². The molecule has 0 atom stereocenters. The number of carbonyl (C=O) groups is 1. The maximum absolute atomic E-state index is 13.0. The summed E-state index contributed by atoms with van der Waals surface area (Å²) >= 11 is 0. The van der Waals surface area contributed by atoms with Crippen molar-refractivity contribution < 1.29 is 27.8 Å². The van der Waals surface area contributed by atoms with Crippen molar-refractivity contribution >= 4 is 6.09 Å². The molecule has 0 heterocycles. The fourth-order valence-electron chi connectivity index (χ4n) is 2.77. The summed E-state index contributed by atoms with van der Waals surface area (Å²) in [5, 5.41) is 12.1. The van der Waals surface area contributed by atoms with Gasteiger partial charge >= 0.3 is 12.3 Å². The van der Waals surface area contributed by atoms with Crippen LogP contribution in [0, 0.1) is 0 Å². The molecule has 0 N–H and O–H groups in total. The van der Waals surface area contributed by atoms with Crippen LogP contribution in [0.3, 0.4) is 0 Å². The molecule has 0 aromatic heterocycles. The quantitative estimate of drug-likeness (QED) is 0.528. The zero-order valence-corrected chi connectivity index (χ0v) is 15.4. The predicted octanol–water partition coefficient (Wildman–Crippen LogP) is 6.15. The second kappa shape index (κ2) is 8.26. The number of hydrogen-bond donors (Lipinski definition) is 0. The lowest BCUT2D eigenvalue weighted by Gasteiger charge is -2.17. The summed E-state index contributed by atoms with van der Waals surface area (Å²) in [6.45, 7) is 0.159. The molecule has 0 unspecified atom stereocenters. The van der Waals surface area contributed by atoms with Gasteiger partial charge in [-0.25, -0.2) is 4.79 Å². The highest BCUT2D eigenvalue weighted by Crippen LogP contribution is 2.37. The van der Waals surface area contributed by atoms with Crippen LogP contribution in [0.4, 0.5) is 18.0 Å². The Kier molecular flexibility index (Phi) is 5.77. The summed E-state index contributed by atoms with van der Waals surface area (Å²) < 4.78 is 44.2. The lowest BCUT2D eigenvalue weighted by molar-refractivity contribution is -0.137. The van der Waals surface area contributed by atoms with Crippen LogP contribution in [0.25, 0.3) is 11.1 Å². The van der Waals surface area contributed by atoms with Crippen LogP contribution in [-0.2, 0) is 17.8 Å². The number of alkyl halides is 3. The van der Waals surface area contributed by atoms with E-state index in [4.69, 9.17) is 4.74 Å². The Morgan fingerprint density at radius 1 is 0.966 bits per heavy atom. The van der Waals surface area contributed by atoms with Gasteiger partial charge in [-0.2, -0.15) is 13.2 Å². The molecule has 1 radical (unpaired) electrons. The fourth-order valence-corrected chi connectivity index (χ4v) is 2.77. The van der Waals surface area contributed by atoms with Crippen LogP contribution >= 0.6 is 0 Å². The number of rotatable bonds is 4. The van der Waals surface area contributed by atoms with Gasteiger partial charge in [0.1, 0.15) is 5.75 Å². The second-order valence-electron chi connectivity index (χ2n) is 6.45. The molecule has 0 saturated carbocycles. The number of amides is 1. The molecule has 0 aliphatic carbocycles. The van der Waals surface area contributed by atoms with Crippen molar-refractivity contribution in [1.82, 2.24) is 4.90 Å². The van der Waals surface area contributed by atoms with E-state index in [0.717, 1.165) is 18.2 Å². The highest BCUT2D eigenvalue weighted by atomic mass is 19.4. The Morgan fingerprint density at radius 2 is 1.69 bits per heavy atom. The third-order valence-electron chi connectivity index (χ3n) is 4.22. The van der Waals surface area contributed by atoms with Gasteiger partial charge in [0.15, 0.2) is 5.75 Å².